The third-order valence-corrected chi connectivity index (χ3v) is 15.8. The number of halogens is 3. The summed E-state index contributed by atoms with van der Waals surface area (Å²) in [6, 6.07) is 17.0. The molecule has 0 saturated carbocycles. The number of amides is 2. The maximum absolute atomic E-state index is 15.7. The van der Waals surface area contributed by atoms with Crippen LogP contribution in [0.2, 0.25) is 0 Å². The Morgan fingerprint density at radius 3 is 2.34 bits per heavy atom. The van der Waals surface area contributed by atoms with Crippen LogP contribution in [0.15, 0.2) is 89.3 Å². The number of carbonyl (C=O) groups is 2. The Hall–Kier alpha value is -6.37. The van der Waals surface area contributed by atoms with E-state index in [0.717, 1.165) is 78.3 Å². The normalized spacial score (nSPS) is 19.2. The van der Waals surface area contributed by atoms with Gasteiger partial charge in [0.1, 0.15) is 12.0 Å². The van der Waals surface area contributed by atoms with E-state index in [1.165, 1.54) is 17.2 Å². The first-order valence-corrected chi connectivity index (χ1v) is 25.5. The quantitative estimate of drug-likeness (QED) is 0.107. The molecule has 5 aromatic heterocycles. The lowest BCUT2D eigenvalue weighted by Gasteiger charge is -2.37. The van der Waals surface area contributed by atoms with Crippen molar-refractivity contribution in [3.63, 3.8) is 0 Å². The largest absolute Gasteiger partial charge is 0.391 e. The zero-order chi connectivity index (χ0) is 49.5. The van der Waals surface area contributed by atoms with Gasteiger partial charge >= 0.3 is 6.55 Å². The van der Waals surface area contributed by atoms with Gasteiger partial charge in [0.25, 0.3) is 0 Å². The monoisotopic (exact) mass is 988 g/mol. The molecule has 0 bridgehead atoms. The SMILES string of the molecule is Cc1ncsc1-c1ccc([C@H](C)NC(=O)[C@@H]2C[C@@H](O)CN2C(=O)[C@@H](c2cc(N3CCN(CCC4CCN(c5ncc(-c6ccc7c8cnccc8n(C(F)F)c7c6)cc5F)CC4)CC3)no2)C(C)C)cc1. The lowest BCUT2D eigenvalue weighted by atomic mass is 9.91. The van der Waals surface area contributed by atoms with Crippen LogP contribution in [0.1, 0.15) is 82.0 Å². The van der Waals surface area contributed by atoms with E-state index in [1.807, 2.05) is 68.4 Å². The Balaban J connectivity index is 0.695. The number of hydrogen-bond acceptors (Lipinski definition) is 12. The minimum atomic E-state index is -2.75. The van der Waals surface area contributed by atoms with E-state index in [4.69, 9.17) is 4.52 Å². The van der Waals surface area contributed by atoms with Crippen LogP contribution in [0.5, 0.6) is 0 Å². The number of piperidine rings is 1. The number of rotatable bonds is 14. The third kappa shape index (κ3) is 9.85. The molecule has 10 rings (SSSR count). The number of aliphatic hydroxyl groups is 1. The fourth-order valence-electron chi connectivity index (χ4n) is 10.8. The van der Waals surface area contributed by atoms with E-state index >= 15 is 4.39 Å². The summed E-state index contributed by atoms with van der Waals surface area (Å²) in [6.07, 6.45) is 6.91. The van der Waals surface area contributed by atoms with Crippen molar-refractivity contribution < 1.29 is 32.4 Å². The number of alkyl halides is 2. The average molecular weight is 989 g/mol. The minimum Gasteiger partial charge on any atom is -0.391 e. The molecule has 3 fully saturated rings. The smallest absolute Gasteiger partial charge is 0.319 e. The van der Waals surface area contributed by atoms with Crippen molar-refractivity contribution in [2.24, 2.45) is 11.8 Å². The van der Waals surface area contributed by atoms with Gasteiger partial charge in [-0.25, -0.2) is 14.4 Å². The number of pyridine rings is 2. The molecule has 4 atom stereocenters. The summed E-state index contributed by atoms with van der Waals surface area (Å²) >= 11 is 1.59. The van der Waals surface area contributed by atoms with E-state index in [9.17, 15) is 23.5 Å². The zero-order valence-electron chi connectivity index (χ0n) is 40.3. The van der Waals surface area contributed by atoms with Crippen molar-refractivity contribution in [2.75, 3.05) is 62.2 Å². The van der Waals surface area contributed by atoms with Crippen molar-refractivity contribution in [3.05, 3.63) is 108 Å². The highest BCUT2D eigenvalue weighted by molar-refractivity contribution is 7.13. The number of anilines is 2. The topological polar surface area (TPSA) is 149 Å². The Morgan fingerprint density at radius 2 is 1.63 bits per heavy atom. The number of carbonyl (C=O) groups excluding carboxylic acids is 2. The molecule has 3 saturated heterocycles. The van der Waals surface area contributed by atoms with E-state index in [1.54, 1.807) is 48.0 Å². The first-order chi connectivity index (χ1) is 34.3. The fraction of sp³-hybridized carbons (Fsp3) is 0.434. The second kappa shape index (κ2) is 20.4. The molecule has 2 N–H and O–H groups in total. The summed E-state index contributed by atoms with van der Waals surface area (Å²) in [7, 11) is 0. The van der Waals surface area contributed by atoms with Crippen LogP contribution in [0, 0.1) is 24.6 Å². The third-order valence-electron chi connectivity index (χ3n) is 14.8. The minimum absolute atomic E-state index is 0.0599. The number of piperazine rings is 1. The predicted molar refractivity (Wildman–Crippen MR) is 269 cm³/mol. The molecule has 71 heavy (non-hydrogen) atoms. The predicted octanol–water partition coefficient (Wildman–Crippen LogP) is 9.21. The molecule has 7 aromatic rings. The molecule has 372 valence electrons. The van der Waals surface area contributed by atoms with E-state index in [-0.39, 0.29) is 36.7 Å². The van der Waals surface area contributed by atoms with Gasteiger partial charge in [0.05, 0.1) is 39.3 Å². The maximum Gasteiger partial charge on any atom is 0.319 e. The molecule has 3 aliphatic heterocycles. The second-order valence-electron chi connectivity index (χ2n) is 19.7. The molecule has 3 aliphatic rings. The van der Waals surface area contributed by atoms with E-state index < -0.39 is 30.4 Å². The zero-order valence-corrected chi connectivity index (χ0v) is 41.2. The molecular weight excluding hydrogens is 930 g/mol. The number of aromatic nitrogens is 5. The van der Waals surface area contributed by atoms with Crippen LogP contribution in [0.3, 0.4) is 0 Å². The standard InChI is InChI=1S/C53H59F3N10O4S/c1-31(2)48(52(69)65-29-39(67)25-45(65)51(68)60-32(3)35-5-7-36(8-6-35)49-33(4)59-30-71-49)46-26-47(61-70-46)63-21-19-62(20-22-63)16-12-34-13-17-64(18-14-34)50-42(54)23-38(27-58-50)37-9-10-40-41-28-57-15-11-43(41)66(53(55)56)44(40)24-37/h5-11,15,23-24,26-28,30-32,34,39,45,48,53,67H,12-14,16-22,25,29H2,1-4H3,(H,60,68)/t32-,39+,45-,48+/m0/s1. The molecule has 2 amide bonds. The fourth-order valence-corrected chi connectivity index (χ4v) is 11.6. The van der Waals surface area contributed by atoms with Gasteiger partial charge in [0, 0.05) is 93.2 Å². The molecule has 0 radical (unpaired) electrons. The molecule has 14 nitrogen and oxygen atoms in total. The highest BCUT2D eigenvalue weighted by Crippen LogP contribution is 2.37. The van der Waals surface area contributed by atoms with Crippen LogP contribution >= 0.6 is 11.3 Å². The molecule has 0 spiro atoms. The highest BCUT2D eigenvalue weighted by atomic mass is 32.1. The van der Waals surface area contributed by atoms with Gasteiger partial charge < -0.3 is 29.6 Å². The van der Waals surface area contributed by atoms with Gasteiger partial charge in [-0.1, -0.05) is 55.4 Å². The number of thiazole rings is 1. The number of aryl methyl sites for hydroxylation is 1. The van der Waals surface area contributed by atoms with Crippen molar-refractivity contribution in [1.82, 2.24) is 39.8 Å². The van der Waals surface area contributed by atoms with Crippen LogP contribution in [-0.2, 0) is 9.59 Å². The Bertz CT molecular complexity index is 3020. The number of nitrogens with zero attached hydrogens (tertiary/aromatic N) is 9. The number of likely N-dealkylation sites (tertiary alicyclic amines) is 1. The molecule has 0 unspecified atom stereocenters. The van der Waals surface area contributed by atoms with Crippen LogP contribution in [0.4, 0.5) is 24.8 Å². The summed E-state index contributed by atoms with van der Waals surface area (Å²) in [4.78, 5) is 50.4. The Labute approximate surface area is 414 Å². The average Bonchev–Trinajstić information content (AvgIpc) is 4.19. The lowest BCUT2D eigenvalue weighted by Crippen LogP contribution is -2.48. The number of aliphatic hydroxyl groups excluding tert-OH is 1. The molecule has 2 aromatic carbocycles. The summed E-state index contributed by atoms with van der Waals surface area (Å²) in [6.45, 7) is 10.6. The highest BCUT2D eigenvalue weighted by Gasteiger charge is 2.44. The van der Waals surface area contributed by atoms with Gasteiger partial charge in [-0.05, 0) is 86.4 Å². The van der Waals surface area contributed by atoms with Crippen molar-refractivity contribution in [3.8, 4) is 21.6 Å². The van der Waals surface area contributed by atoms with Crippen LogP contribution in [-0.4, -0.2) is 116 Å². The number of hydrogen-bond donors (Lipinski definition) is 2. The van der Waals surface area contributed by atoms with Crippen LogP contribution in [0.25, 0.3) is 43.4 Å². The maximum atomic E-state index is 15.7. The van der Waals surface area contributed by atoms with Crippen molar-refractivity contribution >= 4 is 56.6 Å². The van der Waals surface area contributed by atoms with Crippen molar-refractivity contribution in [1.29, 1.82) is 0 Å². The molecular formula is C53H59F3N10O4S. The van der Waals surface area contributed by atoms with Gasteiger partial charge in [-0.15, -0.1) is 11.3 Å². The summed E-state index contributed by atoms with van der Waals surface area (Å²) < 4.78 is 51.0. The van der Waals surface area contributed by atoms with Gasteiger partial charge in [0.2, 0.25) is 11.8 Å². The summed E-state index contributed by atoms with van der Waals surface area (Å²) in [5, 5.41) is 19.6. The number of benzene rings is 2. The second-order valence-corrected chi connectivity index (χ2v) is 20.5. The molecule has 8 heterocycles. The first kappa shape index (κ1) is 48.3. The van der Waals surface area contributed by atoms with Gasteiger partial charge in [-0.3, -0.25) is 24.0 Å². The summed E-state index contributed by atoms with van der Waals surface area (Å²) in [5.74, 6) is 0.0713. The number of fused-ring (bicyclic) bond motifs is 3. The van der Waals surface area contributed by atoms with Gasteiger partial charge in [-0.2, -0.15) is 8.78 Å². The van der Waals surface area contributed by atoms with Crippen molar-refractivity contribution in [2.45, 2.75) is 84.0 Å². The van der Waals surface area contributed by atoms with Gasteiger partial charge in [0.15, 0.2) is 23.2 Å². The molecule has 0 aliphatic carbocycles. The number of nitrogens with one attached hydrogen (secondary N) is 1. The van der Waals surface area contributed by atoms with E-state index in [2.05, 4.69) is 35.2 Å². The van der Waals surface area contributed by atoms with E-state index in [0.29, 0.717) is 69.3 Å². The first-order valence-electron chi connectivity index (χ1n) is 24.6. The molecule has 18 heteroatoms. The summed E-state index contributed by atoms with van der Waals surface area (Å²) in [5.41, 5.74) is 6.68. The Kier molecular flexibility index (Phi) is 13.9. The Morgan fingerprint density at radius 1 is 0.873 bits per heavy atom. The number of β-amino-alcohol motifs (C(OH)–C–C–N with tert-alkyl or cyclic N) is 1. The lowest BCUT2D eigenvalue weighted by molar-refractivity contribution is -0.141. The van der Waals surface area contributed by atoms with Crippen LogP contribution < -0.4 is 15.1 Å².